The van der Waals surface area contributed by atoms with E-state index in [2.05, 4.69) is 4.74 Å². The molecule has 0 spiro atoms. The average Bonchev–Trinajstić information content (AvgIpc) is 3.32. The zero-order valence-electron chi connectivity index (χ0n) is 18.2. The summed E-state index contributed by atoms with van der Waals surface area (Å²) in [7, 11) is 0. The number of carbonyl (C=O) groups excluding carboxylic acids is 2. The van der Waals surface area contributed by atoms with Crippen molar-refractivity contribution >= 4 is 34.8 Å². The third kappa shape index (κ3) is 4.11. The lowest BCUT2D eigenvalue weighted by Gasteiger charge is -2.29. The molecule has 0 saturated carbocycles. The minimum atomic E-state index is -4.83. The maximum Gasteiger partial charge on any atom is 0.573 e. The van der Waals surface area contributed by atoms with Gasteiger partial charge in [0.2, 0.25) is 5.91 Å². The van der Waals surface area contributed by atoms with Crippen molar-refractivity contribution in [1.29, 1.82) is 0 Å². The van der Waals surface area contributed by atoms with E-state index in [4.69, 9.17) is 16.4 Å². The molecule has 2 aliphatic rings. The molecule has 0 aromatic heterocycles. The van der Waals surface area contributed by atoms with Crippen molar-refractivity contribution in [1.82, 2.24) is 0 Å². The molecule has 0 aliphatic carbocycles. The fourth-order valence-electron chi connectivity index (χ4n) is 4.49. The average molecular weight is 503 g/mol. The second-order valence-corrected chi connectivity index (χ2v) is 8.58. The quantitative estimate of drug-likeness (QED) is 0.435. The molecule has 5 rings (SSSR count). The molecule has 2 aliphatic heterocycles. The Morgan fingerprint density at radius 3 is 2.26 bits per heavy atom. The van der Waals surface area contributed by atoms with Gasteiger partial charge in [-0.1, -0.05) is 48.0 Å². The third-order valence-electron chi connectivity index (χ3n) is 6.06. The number of rotatable bonds is 4. The number of halogens is 4. The highest BCUT2D eigenvalue weighted by Crippen LogP contribution is 2.48. The van der Waals surface area contributed by atoms with Crippen LogP contribution in [-0.2, 0) is 14.4 Å². The Bertz CT molecular complexity index is 1280. The van der Waals surface area contributed by atoms with E-state index in [1.807, 2.05) is 0 Å². The molecule has 2 saturated heterocycles. The van der Waals surface area contributed by atoms with Gasteiger partial charge in [-0.3, -0.25) is 14.4 Å². The first kappa shape index (κ1) is 23.2. The number of amides is 2. The van der Waals surface area contributed by atoms with Crippen LogP contribution in [0, 0.1) is 12.8 Å². The number of alkyl halides is 3. The van der Waals surface area contributed by atoms with Gasteiger partial charge in [0, 0.05) is 5.02 Å². The second kappa shape index (κ2) is 8.58. The molecular formula is C25H18ClF3N2O4. The summed E-state index contributed by atoms with van der Waals surface area (Å²) in [6.07, 6.45) is -5.94. The number of para-hydroxylation sites is 1. The molecule has 0 bridgehead atoms. The van der Waals surface area contributed by atoms with Gasteiger partial charge in [0.15, 0.2) is 6.10 Å². The van der Waals surface area contributed by atoms with Gasteiger partial charge < -0.3 is 4.74 Å². The highest BCUT2D eigenvalue weighted by molar-refractivity contribution is 6.32. The fraction of sp³-hybridized carbons (Fsp3) is 0.200. The number of ether oxygens (including phenoxy) is 1. The molecule has 2 heterocycles. The van der Waals surface area contributed by atoms with E-state index in [1.165, 1.54) is 29.3 Å². The molecule has 3 aromatic rings. The van der Waals surface area contributed by atoms with Gasteiger partial charge in [0.05, 0.1) is 17.4 Å². The van der Waals surface area contributed by atoms with Crippen molar-refractivity contribution in [3.8, 4) is 5.75 Å². The molecule has 2 fully saturated rings. The molecule has 0 N–H and O–H groups in total. The number of hydrogen-bond acceptors (Lipinski definition) is 5. The molecule has 10 heteroatoms. The standard InChI is InChI=1S/C25H18ClF3N2O4/c1-14-18(26)8-5-9-19(14)30-23(32)20-21(15-10-12-17(13-11-15)34-25(27,28)29)31(35-22(20)24(30)33)16-6-3-2-4-7-16/h2-13,20-22H,1H3. The van der Waals surface area contributed by atoms with Crippen LogP contribution in [0.25, 0.3) is 0 Å². The van der Waals surface area contributed by atoms with Gasteiger partial charge in [-0.05, 0) is 54.4 Å². The van der Waals surface area contributed by atoms with E-state index >= 15 is 0 Å². The summed E-state index contributed by atoms with van der Waals surface area (Å²) in [5, 5.41) is 1.87. The maximum atomic E-state index is 13.7. The minimum absolute atomic E-state index is 0.365. The maximum absolute atomic E-state index is 13.7. The SMILES string of the molecule is Cc1c(Cl)cccc1N1C(=O)C2ON(c3ccccc3)C(c3ccc(OC(F)(F)F)cc3)C2C1=O. The lowest BCUT2D eigenvalue weighted by Crippen LogP contribution is -2.37. The van der Waals surface area contributed by atoms with E-state index in [-0.39, 0.29) is 0 Å². The van der Waals surface area contributed by atoms with Crippen LogP contribution in [0.2, 0.25) is 5.02 Å². The largest absolute Gasteiger partial charge is 0.573 e. The van der Waals surface area contributed by atoms with Crippen LogP contribution in [-0.4, -0.2) is 24.3 Å². The molecule has 3 atom stereocenters. The first-order valence-electron chi connectivity index (χ1n) is 10.7. The number of hydrogen-bond donors (Lipinski definition) is 0. The van der Waals surface area contributed by atoms with Crippen LogP contribution < -0.4 is 14.7 Å². The smallest absolute Gasteiger partial charge is 0.406 e. The van der Waals surface area contributed by atoms with Crippen molar-refractivity contribution in [2.45, 2.75) is 25.4 Å². The third-order valence-corrected chi connectivity index (χ3v) is 6.47. The molecule has 3 aromatic carbocycles. The summed E-state index contributed by atoms with van der Waals surface area (Å²) in [6, 6.07) is 18.2. The summed E-state index contributed by atoms with van der Waals surface area (Å²) in [6.45, 7) is 1.71. The van der Waals surface area contributed by atoms with Crippen LogP contribution in [0.3, 0.4) is 0 Å². The predicted molar refractivity (Wildman–Crippen MR) is 122 cm³/mol. The lowest BCUT2D eigenvalue weighted by atomic mass is 9.90. The zero-order chi connectivity index (χ0) is 24.9. The number of imide groups is 1. The Morgan fingerprint density at radius 1 is 0.914 bits per heavy atom. The van der Waals surface area contributed by atoms with Crippen molar-refractivity contribution in [2.75, 3.05) is 9.96 Å². The van der Waals surface area contributed by atoms with Crippen molar-refractivity contribution in [3.05, 3.63) is 88.9 Å². The molecule has 6 nitrogen and oxygen atoms in total. The molecule has 3 unspecified atom stereocenters. The van der Waals surface area contributed by atoms with Crippen LogP contribution in [0.15, 0.2) is 72.8 Å². The predicted octanol–water partition coefficient (Wildman–Crippen LogP) is 5.60. The summed E-state index contributed by atoms with van der Waals surface area (Å²) in [4.78, 5) is 34.2. The lowest BCUT2D eigenvalue weighted by molar-refractivity contribution is -0.274. The van der Waals surface area contributed by atoms with Crippen LogP contribution in [0.5, 0.6) is 5.75 Å². The number of benzene rings is 3. The number of carbonyl (C=O) groups is 2. The Balaban J connectivity index is 1.55. The van der Waals surface area contributed by atoms with Gasteiger partial charge in [0.25, 0.3) is 5.91 Å². The second-order valence-electron chi connectivity index (χ2n) is 8.17. The number of anilines is 2. The van der Waals surface area contributed by atoms with E-state index in [0.717, 1.165) is 4.90 Å². The highest BCUT2D eigenvalue weighted by atomic mass is 35.5. The first-order valence-corrected chi connectivity index (χ1v) is 11.0. The number of nitrogens with zero attached hydrogens (tertiary/aromatic N) is 2. The molecule has 35 heavy (non-hydrogen) atoms. The molecule has 0 radical (unpaired) electrons. The Labute approximate surface area is 203 Å². The van der Waals surface area contributed by atoms with Gasteiger partial charge in [-0.2, -0.15) is 0 Å². The minimum Gasteiger partial charge on any atom is -0.406 e. The summed E-state index contributed by atoms with van der Waals surface area (Å²) in [5.41, 5.74) is 2.01. The monoisotopic (exact) mass is 502 g/mol. The Hall–Kier alpha value is -3.56. The summed E-state index contributed by atoms with van der Waals surface area (Å²) >= 11 is 6.22. The Morgan fingerprint density at radius 2 is 1.60 bits per heavy atom. The molecule has 180 valence electrons. The van der Waals surface area contributed by atoms with Gasteiger partial charge in [0.1, 0.15) is 11.7 Å². The van der Waals surface area contributed by atoms with Crippen molar-refractivity contribution < 1.29 is 32.3 Å². The van der Waals surface area contributed by atoms with E-state index in [0.29, 0.717) is 27.5 Å². The normalized spacial score (nSPS) is 22.0. The number of hydroxylamine groups is 1. The van der Waals surface area contributed by atoms with Crippen molar-refractivity contribution in [3.63, 3.8) is 0 Å². The molecule has 2 amide bonds. The topological polar surface area (TPSA) is 59.1 Å². The highest BCUT2D eigenvalue weighted by Gasteiger charge is 2.60. The van der Waals surface area contributed by atoms with Crippen LogP contribution in [0.4, 0.5) is 24.5 Å². The van der Waals surface area contributed by atoms with E-state index in [9.17, 15) is 22.8 Å². The van der Waals surface area contributed by atoms with Gasteiger partial charge >= 0.3 is 6.36 Å². The van der Waals surface area contributed by atoms with Gasteiger partial charge in [-0.25, -0.2) is 9.96 Å². The van der Waals surface area contributed by atoms with Gasteiger partial charge in [-0.15, -0.1) is 13.2 Å². The van der Waals surface area contributed by atoms with Crippen LogP contribution in [0.1, 0.15) is 17.2 Å². The summed E-state index contributed by atoms with van der Waals surface area (Å²) in [5.74, 6) is -2.35. The first-order chi connectivity index (χ1) is 16.7. The number of fused-ring (bicyclic) bond motifs is 1. The Kier molecular flexibility index (Phi) is 5.69. The molecular weight excluding hydrogens is 485 g/mol. The fourth-order valence-corrected chi connectivity index (χ4v) is 4.66. The van der Waals surface area contributed by atoms with Crippen molar-refractivity contribution in [2.24, 2.45) is 5.92 Å². The van der Waals surface area contributed by atoms with Crippen LogP contribution >= 0.6 is 11.6 Å². The van der Waals surface area contributed by atoms with E-state index < -0.39 is 42.0 Å². The zero-order valence-corrected chi connectivity index (χ0v) is 19.0. The summed E-state index contributed by atoms with van der Waals surface area (Å²) < 4.78 is 41.8. The van der Waals surface area contributed by atoms with E-state index in [1.54, 1.807) is 55.5 Å².